The number of benzene rings is 2. The topological polar surface area (TPSA) is 105 Å². The number of hydroxylamine groups is 1. The van der Waals surface area contributed by atoms with Gasteiger partial charge in [0.25, 0.3) is 6.35 Å². The molecule has 1 aromatic heterocycles. The maximum Gasteiger partial charge on any atom is 0.253 e. The summed E-state index contributed by atoms with van der Waals surface area (Å²) in [5, 5.41) is 34.0. The number of hydrogen-bond acceptors (Lipinski definition) is 7. The minimum Gasteiger partial charge on any atom is -0.626 e. The fourth-order valence-electron chi connectivity index (χ4n) is 4.78. The molecule has 9 nitrogen and oxygen atoms in total. The largest absolute Gasteiger partial charge is 0.626 e. The van der Waals surface area contributed by atoms with Gasteiger partial charge in [0.15, 0.2) is 5.82 Å². The highest BCUT2D eigenvalue weighted by Crippen LogP contribution is 2.38. The van der Waals surface area contributed by atoms with Crippen LogP contribution in [0, 0.1) is 16.5 Å². The van der Waals surface area contributed by atoms with Gasteiger partial charge in [0.2, 0.25) is 0 Å². The summed E-state index contributed by atoms with van der Waals surface area (Å²) < 4.78 is 2.71. The number of nitrogens with one attached hydrogen (secondary N) is 3. The van der Waals surface area contributed by atoms with E-state index >= 15 is 0 Å². The van der Waals surface area contributed by atoms with Crippen LogP contribution in [0.3, 0.4) is 0 Å². The molecule has 0 radical (unpaired) electrons. The van der Waals surface area contributed by atoms with Crippen LogP contribution in [0.5, 0.6) is 0 Å². The molecule has 198 valence electrons. The summed E-state index contributed by atoms with van der Waals surface area (Å²) in [5.74, 6) is 0.784. The predicted molar refractivity (Wildman–Crippen MR) is 151 cm³/mol. The number of hydrogen-bond donors (Lipinski definition) is 4. The number of rotatable bonds is 10. The SMILES string of the molecule is CC1C(c2ccccc2)=Nc2c(Br)cnn2C1Nc1ccc([NH+]([O-])C(O)NCC(C)(C)CN(C)C)cc1. The molecule has 1 aliphatic rings. The monoisotopic (exact) mass is 569 g/mol. The lowest BCUT2D eigenvalue weighted by Crippen LogP contribution is -3.09. The van der Waals surface area contributed by atoms with Gasteiger partial charge >= 0.3 is 0 Å². The Morgan fingerprint density at radius 1 is 1.16 bits per heavy atom. The van der Waals surface area contributed by atoms with Crippen molar-refractivity contribution in [3.05, 3.63) is 76.0 Å². The van der Waals surface area contributed by atoms with Crippen LogP contribution < -0.4 is 15.7 Å². The fourth-order valence-corrected chi connectivity index (χ4v) is 5.14. The van der Waals surface area contributed by atoms with Crippen molar-refractivity contribution in [2.75, 3.05) is 32.5 Å². The average molecular weight is 571 g/mol. The lowest BCUT2D eigenvalue weighted by atomic mass is 9.93. The number of nitrogens with zero attached hydrogens (tertiary/aromatic N) is 4. The second kappa shape index (κ2) is 11.4. The highest BCUT2D eigenvalue weighted by Gasteiger charge is 2.32. The molecule has 10 heteroatoms. The van der Waals surface area contributed by atoms with Gasteiger partial charge in [-0.2, -0.15) is 5.10 Å². The number of aromatic nitrogens is 2. The third kappa shape index (κ3) is 6.46. The summed E-state index contributed by atoms with van der Waals surface area (Å²) in [6.45, 7) is 7.68. The van der Waals surface area contributed by atoms with E-state index in [2.05, 4.69) is 69.5 Å². The molecule has 0 spiro atoms. The molecule has 0 fully saturated rings. The number of anilines is 1. The van der Waals surface area contributed by atoms with Gasteiger partial charge in [-0.05, 0) is 53.1 Å². The van der Waals surface area contributed by atoms with Gasteiger partial charge in [-0.25, -0.2) is 15.0 Å². The highest BCUT2D eigenvalue weighted by molar-refractivity contribution is 9.10. The van der Waals surface area contributed by atoms with Crippen LogP contribution in [0.25, 0.3) is 0 Å². The maximum absolute atomic E-state index is 12.8. The molecular weight excluding hydrogens is 534 g/mol. The minimum atomic E-state index is -1.26. The Morgan fingerprint density at radius 2 is 1.84 bits per heavy atom. The van der Waals surface area contributed by atoms with Gasteiger partial charge in [-0.1, -0.05) is 51.1 Å². The molecule has 2 heterocycles. The number of aliphatic imine (C=N–C) groups is 1. The van der Waals surface area contributed by atoms with Crippen LogP contribution >= 0.6 is 15.9 Å². The van der Waals surface area contributed by atoms with Crippen LogP contribution in [0.4, 0.5) is 17.2 Å². The summed E-state index contributed by atoms with van der Waals surface area (Å²) in [5.41, 5.74) is 3.25. The van der Waals surface area contributed by atoms with Crippen LogP contribution in [-0.2, 0) is 0 Å². The van der Waals surface area contributed by atoms with Crippen molar-refractivity contribution >= 4 is 38.8 Å². The number of quaternary nitrogens is 1. The van der Waals surface area contributed by atoms with Crippen LogP contribution in [0.1, 0.15) is 32.5 Å². The molecule has 4 rings (SSSR count). The van der Waals surface area contributed by atoms with E-state index in [1.165, 1.54) is 0 Å². The molecule has 0 bridgehead atoms. The lowest BCUT2D eigenvalue weighted by Gasteiger charge is -2.33. The Labute approximate surface area is 226 Å². The lowest BCUT2D eigenvalue weighted by molar-refractivity contribution is -0.840. The first-order chi connectivity index (χ1) is 17.6. The van der Waals surface area contributed by atoms with Crippen LogP contribution in [0.2, 0.25) is 0 Å². The average Bonchev–Trinajstić information content (AvgIpc) is 3.24. The number of aliphatic hydroxyl groups excluding tert-OH is 1. The Hall–Kier alpha value is -2.60. The smallest absolute Gasteiger partial charge is 0.253 e. The Kier molecular flexibility index (Phi) is 8.47. The number of fused-ring (bicyclic) bond motifs is 1. The van der Waals surface area contributed by atoms with Gasteiger partial charge in [0.1, 0.15) is 11.9 Å². The summed E-state index contributed by atoms with van der Waals surface area (Å²) in [6.07, 6.45) is 0.318. The van der Waals surface area contributed by atoms with Gasteiger partial charge < -0.3 is 25.6 Å². The molecule has 0 amide bonds. The van der Waals surface area contributed by atoms with Crippen molar-refractivity contribution in [2.45, 2.75) is 33.3 Å². The van der Waals surface area contributed by atoms with E-state index in [4.69, 9.17) is 4.99 Å². The molecule has 37 heavy (non-hydrogen) atoms. The van der Waals surface area contributed by atoms with Gasteiger partial charge in [-0.15, -0.1) is 0 Å². The molecule has 4 unspecified atom stereocenters. The molecule has 4 atom stereocenters. The van der Waals surface area contributed by atoms with E-state index in [-0.39, 0.29) is 22.6 Å². The summed E-state index contributed by atoms with van der Waals surface area (Å²) >= 11 is 3.57. The van der Waals surface area contributed by atoms with Gasteiger partial charge in [0, 0.05) is 36.8 Å². The standard InChI is InChI=1S/C27H36BrN7O2/c1-18-23(19-9-7-6-8-10-19)32-25-22(28)15-30-34(25)24(18)31-20-11-13-21(14-12-20)35(37)26(36)29-16-27(2,3)17-33(4)5/h6-15,18,24,26,29,31,35-36H,16-17H2,1-5H3. The van der Waals surface area contributed by atoms with Crippen molar-refractivity contribution in [3.8, 4) is 0 Å². The van der Waals surface area contributed by atoms with Crippen molar-refractivity contribution in [1.29, 1.82) is 0 Å². The van der Waals surface area contributed by atoms with Gasteiger partial charge in [0.05, 0.1) is 16.4 Å². The zero-order valence-electron chi connectivity index (χ0n) is 21.9. The minimum absolute atomic E-state index is 0.0274. The highest BCUT2D eigenvalue weighted by atomic mass is 79.9. The van der Waals surface area contributed by atoms with Crippen molar-refractivity contribution < 1.29 is 10.2 Å². The summed E-state index contributed by atoms with van der Waals surface area (Å²) in [6, 6.07) is 17.3. The van der Waals surface area contributed by atoms with Crippen molar-refractivity contribution in [2.24, 2.45) is 16.3 Å². The Bertz CT molecular complexity index is 1210. The molecule has 0 saturated carbocycles. The molecular formula is C27H36BrN7O2. The zero-order valence-corrected chi connectivity index (χ0v) is 23.5. The molecule has 2 aromatic carbocycles. The van der Waals surface area contributed by atoms with Crippen molar-refractivity contribution in [1.82, 2.24) is 20.0 Å². The Morgan fingerprint density at radius 3 is 2.49 bits per heavy atom. The third-order valence-electron chi connectivity index (χ3n) is 6.44. The first-order valence-corrected chi connectivity index (χ1v) is 13.2. The summed E-state index contributed by atoms with van der Waals surface area (Å²) in [7, 11) is 4.02. The van der Waals surface area contributed by atoms with E-state index in [9.17, 15) is 10.3 Å². The second-order valence-electron chi connectivity index (χ2n) is 10.6. The zero-order chi connectivity index (χ0) is 26.7. The molecule has 4 N–H and O–H groups in total. The third-order valence-corrected chi connectivity index (χ3v) is 7.00. The number of aliphatic hydroxyl groups is 1. The first kappa shape index (κ1) is 27.4. The van der Waals surface area contributed by atoms with E-state index in [1.807, 2.05) is 49.1 Å². The first-order valence-electron chi connectivity index (χ1n) is 12.4. The van der Waals surface area contributed by atoms with E-state index in [0.29, 0.717) is 12.2 Å². The molecule has 0 aliphatic carbocycles. The Balaban J connectivity index is 1.46. The molecule has 3 aromatic rings. The van der Waals surface area contributed by atoms with Crippen LogP contribution in [-0.4, -0.2) is 59.0 Å². The quantitative estimate of drug-likeness (QED) is 0.220. The maximum atomic E-state index is 12.8. The van der Waals surface area contributed by atoms with E-state index < -0.39 is 6.35 Å². The van der Waals surface area contributed by atoms with E-state index in [1.54, 1.807) is 18.3 Å². The normalized spacial score (nSPS) is 19.3. The molecule has 1 aliphatic heterocycles. The fraction of sp³-hybridized carbons (Fsp3) is 0.407. The second-order valence-corrected chi connectivity index (χ2v) is 11.5. The van der Waals surface area contributed by atoms with E-state index in [0.717, 1.165) is 33.8 Å². The molecule has 0 saturated heterocycles. The predicted octanol–water partition coefficient (Wildman–Crippen LogP) is 3.49. The number of halogens is 1. The summed E-state index contributed by atoms with van der Waals surface area (Å²) in [4.78, 5) is 6.99. The van der Waals surface area contributed by atoms with Crippen LogP contribution in [0.15, 0.2) is 70.3 Å². The van der Waals surface area contributed by atoms with Gasteiger partial charge in [-0.3, -0.25) is 0 Å². The van der Waals surface area contributed by atoms with Crippen molar-refractivity contribution in [3.63, 3.8) is 0 Å².